The number of nitrogens with one attached hydrogen (secondary N) is 6. The van der Waals surface area contributed by atoms with Gasteiger partial charge in [0.25, 0.3) is 0 Å². The molecule has 4 heterocycles. The van der Waals surface area contributed by atoms with Crippen LogP contribution in [0.4, 0.5) is 5.69 Å². The molecule has 0 bridgehead atoms. The average Bonchev–Trinajstić information content (AvgIpc) is 4.15. The molecule has 18 heteroatoms. The monoisotopic (exact) mass is 1040 g/mol. The lowest BCUT2D eigenvalue weighted by atomic mass is 9.86. The number of benzene rings is 3. The Balaban J connectivity index is 0.813. The third-order valence-corrected chi connectivity index (χ3v) is 16.2. The smallest absolute Gasteiger partial charge is 0.247 e. The second-order valence-electron chi connectivity index (χ2n) is 21.0. The number of anilines is 1. The van der Waals surface area contributed by atoms with Gasteiger partial charge >= 0.3 is 0 Å². The molecule has 0 aromatic heterocycles. The van der Waals surface area contributed by atoms with E-state index < -0.39 is 36.3 Å². The fourth-order valence-electron chi connectivity index (χ4n) is 11.5. The first kappa shape index (κ1) is 55.4. The van der Waals surface area contributed by atoms with Gasteiger partial charge in [0, 0.05) is 56.0 Å². The summed E-state index contributed by atoms with van der Waals surface area (Å²) in [4.78, 5) is 85.9. The van der Waals surface area contributed by atoms with Crippen molar-refractivity contribution in [2.24, 2.45) is 11.8 Å². The maximum Gasteiger partial charge on any atom is 0.247 e. The summed E-state index contributed by atoms with van der Waals surface area (Å²) < 4.78 is 23.9. The molecule has 8 rings (SSSR count). The third kappa shape index (κ3) is 13.6. The molecule has 3 aromatic carbocycles. The van der Waals surface area contributed by atoms with E-state index in [1.54, 1.807) is 37.7 Å². The molecule has 0 saturated carbocycles. The number of likely N-dealkylation sites (N-methyl/N-ethyl adjacent to an activating group) is 2. The molecule has 4 saturated heterocycles. The highest BCUT2D eigenvalue weighted by molar-refractivity contribution is 6.06. The number of hydrogen-bond donors (Lipinski definition) is 6. The first-order chi connectivity index (χ1) is 36.5. The Kier molecular flexibility index (Phi) is 19.8. The first-order valence-corrected chi connectivity index (χ1v) is 27.7. The zero-order valence-corrected chi connectivity index (χ0v) is 44.4. The number of unbranched alkanes of at least 4 members (excludes halogenated alkanes) is 2. The van der Waals surface area contributed by atoms with Crippen LogP contribution in [0.15, 0.2) is 54.6 Å². The minimum Gasteiger partial charge on any atom is -0.493 e. The molecule has 5 aliphatic rings. The Hall–Kier alpha value is -5.82. The van der Waals surface area contributed by atoms with E-state index in [-0.39, 0.29) is 53.3 Å². The summed E-state index contributed by atoms with van der Waals surface area (Å²) in [6.07, 6.45) is 10.2. The number of fused-ring (bicyclic) bond motifs is 2. The summed E-state index contributed by atoms with van der Waals surface area (Å²) in [7, 11) is 3.42. The largest absolute Gasteiger partial charge is 0.493 e. The first-order valence-electron chi connectivity index (χ1n) is 27.7. The van der Waals surface area contributed by atoms with E-state index in [4.69, 9.17) is 18.9 Å². The molecule has 4 aliphatic heterocycles. The van der Waals surface area contributed by atoms with Gasteiger partial charge in [-0.3, -0.25) is 28.8 Å². The van der Waals surface area contributed by atoms with Crippen molar-refractivity contribution in [3.05, 3.63) is 65.7 Å². The Morgan fingerprint density at radius 3 is 1.71 bits per heavy atom. The minimum absolute atomic E-state index is 0.0653. The van der Waals surface area contributed by atoms with E-state index in [0.717, 1.165) is 71.9 Å². The topological polar surface area (TPSA) is 218 Å². The lowest BCUT2D eigenvalue weighted by molar-refractivity contribution is -0.144. The summed E-state index contributed by atoms with van der Waals surface area (Å²) in [5.74, 6) is 0.0665. The van der Waals surface area contributed by atoms with E-state index in [0.29, 0.717) is 110 Å². The molecule has 0 unspecified atom stereocenters. The number of carbonyl (C=O) groups excluding carboxylic acids is 6. The number of nitrogens with zero attached hydrogens (tertiary/aromatic N) is 2. The number of ether oxygens (including phenoxy) is 4. The van der Waals surface area contributed by atoms with Crippen molar-refractivity contribution in [2.45, 2.75) is 146 Å². The van der Waals surface area contributed by atoms with Crippen LogP contribution in [-0.2, 0) is 44.7 Å². The van der Waals surface area contributed by atoms with Gasteiger partial charge in [0.15, 0.2) is 0 Å². The summed E-state index contributed by atoms with van der Waals surface area (Å²) in [5, 5.41) is 20.1. The Labute approximate surface area is 441 Å². The molecule has 0 radical (unpaired) electrons. The molecule has 75 heavy (non-hydrogen) atoms. The van der Waals surface area contributed by atoms with Crippen molar-refractivity contribution in [3.63, 3.8) is 0 Å². The quantitative estimate of drug-likeness (QED) is 0.0740. The van der Waals surface area contributed by atoms with Gasteiger partial charge in [0.05, 0.1) is 31.3 Å². The summed E-state index contributed by atoms with van der Waals surface area (Å²) in [5.41, 5.74) is 2.80. The zero-order chi connectivity index (χ0) is 52.8. The second kappa shape index (κ2) is 26.8. The zero-order valence-electron chi connectivity index (χ0n) is 44.4. The van der Waals surface area contributed by atoms with Crippen LogP contribution in [0.3, 0.4) is 0 Å². The molecular weight excluding hydrogens is 957 g/mol. The predicted octanol–water partition coefficient (Wildman–Crippen LogP) is 4.92. The van der Waals surface area contributed by atoms with Gasteiger partial charge in [-0.15, -0.1) is 0 Å². The summed E-state index contributed by atoms with van der Waals surface area (Å²) >= 11 is 0. The molecular formula is C57H80N8O10. The molecule has 1 aliphatic carbocycles. The van der Waals surface area contributed by atoms with E-state index in [2.05, 4.69) is 38.0 Å². The van der Waals surface area contributed by atoms with Crippen LogP contribution < -0.4 is 41.4 Å². The van der Waals surface area contributed by atoms with Gasteiger partial charge in [-0.05, 0) is 159 Å². The van der Waals surface area contributed by atoms with Crippen LogP contribution in [-0.4, -0.2) is 148 Å². The van der Waals surface area contributed by atoms with Crippen LogP contribution in [0.1, 0.15) is 114 Å². The highest BCUT2D eigenvalue weighted by Crippen LogP contribution is 2.37. The lowest BCUT2D eigenvalue weighted by Gasteiger charge is -2.35. The van der Waals surface area contributed by atoms with Crippen LogP contribution in [0, 0.1) is 11.8 Å². The predicted molar refractivity (Wildman–Crippen MR) is 285 cm³/mol. The highest BCUT2D eigenvalue weighted by atomic mass is 16.5. The van der Waals surface area contributed by atoms with E-state index in [9.17, 15) is 28.8 Å². The van der Waals surface area contributed by atoms with Gasteiger partial charge in [0.2, 0.25) is 35.4 Å². The molecule has 3 aromatic rings. The summed E-state index contributed by atoms with van der Waals surface area (Å²) in [6.45, 7) is 7.58. The van der Waals surface area contributed by atoms with E-state index in [1.807, 2.05) is 48.5 Å². The summed E-state index contributed by atoms with van der Waals surface area (Å²) in [6, 6.07) is 13.7. The number of amides is 6. The van der Waals surface area contributed by atoms with Crippen molar-refractivity contribution in [2.75, 3.05) is 72.1 Å². The van der Waals surface area contributed by atoms with Gasteiger partial charge < -0.3 is 60.6 Å². The number of likely N-dealkylation sites (tertiary alicyclic amines) is 2. The van der Waals surface area contributed by atoms with Gasteiger partial charge in [-0.1, -0.05) is 36.4 Å². The van der Waals surface area contributed by atoms with E-state index >= 15 is 0 Å². The van der Waals surface area contributed by atoms with Gasteiger partial charge in [0.1, 0.15) is 35.7 Å². The second-order valence-corrected chi connectivity index (χ2v) is 21.0. The highest BCUT2D eigenvalue weighted by Gasteiger charge is 2.43. The molecule has 18 nitrogen and oxygen atoms in total. The van der Waals surface area contributed by atoms with Crippen LogP contribution in [0.5, 0.6) is 11.5 Å². The molecule has 6 N–H and O–H groups in total. The number of carbonyl (C=O) groups is 6. The SMILES string of the molecule is CN[C@@H](C)C(=O)N[C@H](C(=O)N1CCC[C@H]1C(=O)Nc1cccc2c(OCCCCCOc3cccc4c3CCC[C@H]4NC(=O)[C@@H]3CCCN3C(=O)[C@@H](NC(=O)[C@H](C)NC)C3CCOCC3)cccc12)C1CCOCC1. The molecule has 4 fully saturated rings. The van der Waals surface area contributed by atoms with Crippen molar-refractivity contribution in [3.8, 4) is 11.5 Å². The fourth-order valence-corrected chi connectivity index (χ4v) is 11.5. The minimum atomic E-state index is -0.741. The Bertz CT molecular complexity index is 2460. The Morgan fingerprint density at radius 1 is 0.600 bits per heavy atom. The van der Waals surface area contributed by atoms with Crippen molar-refractivity contribution < 1.29 is 47.7 Å². The van der Waals surface area contributed by atoms with Crippen molar-refractivity contribution in [1.82, 2.24) is 36.4 Å². The molecule has 0 spiro atoms. The average molecular weight is 1040 g/mol. The van der Waals surface area contributed by atoms with Crippen molar-refractivity contribution >= 4 is 51.9 Å². The van der Waals surface area contributed by atoms with Crippen LogP contribution >= 0.6 is 0 Å². The fraction of sp³-hybridized carbons (Fsp3) is 0.614. The van der Waals surface area contributed by atoms with Crippen LogP contribution in [0.25, 0.3) is 10.8 Å². The maximum atomic E-state index is 14.2. The lowest BCUT2D eigenvalue weighted by Crippen LogP contribution is -2.58. The standard InChI is InChI=1S/C57H80N8O10/c1-36(58-3)52(66)62-50(38-24-32-72-33-25-38)56(70)64-28-12-20-46(64)54(68)60-44-18-8-16-42-40(44)14-10-22-48(42)74-30-6-5-7-31-75-49-23-11-15-41-43(49)17-9-19-45(41)61-55(69)47-21-13-29-65(47)57(71)51(39-26-34-73-35-27-39)63-53(67)37(2)59-4/h8,10-11,14-16,18,22-23,36-39,45-47,50-51,58-59H,5-7,9,12-13,17,19-21,24-35H2,1-4H3,(H,60,68)(H,61,69)(H,62,66)(H,63,67)/t36-,37-,45+,46-,47-,50-,51-/m0/s1. The van der Waals surface area contributed by atoms with Gasteiger partial charge in [-0.25, -0.2) is 0 Å². The third-order valence-electron chi connectivity index (χ3n) is 16.2. The number of rotatable bonds is 22. The van der Waals surface area contributed by atoms with Crippen molar-refractivity contribution in [1.29, 1.82) is 0 Å². The molecule has 408 valence electrons. The molecule has 7 atom stereocenters. The van der Waals surface area contributed by atoms with Gasteiger partial charge in [-0.2, -0.15) is 0 Å². The molecule has 6 amide bonds. The normalized spacial score (nSPS) is 21.8. The van der Waals surface area contributed by atoms with Crippen LogP contribution in [0.2, 0.25) is 0 Å². The van der Waals surface area contributed by atoms with E-state index in [1.165, 1.54) is 0 Å². The maximum absolute atomic E-state index is 14.2. The number of hydrogen-bond acceptors (Lipinski definition) is 12. The Morgan fingerprint density at radius 2 is 1.12 bits per heavy atom.